The summed E-state index contributed by atoms with van der Waals surface area (Å²) in [6.45, 7) is 2.63. The highest BCUT2D eigenvalue weighted by molar-refractivity contribution is 7.08. The number of ether oxygens (including phenoxy) is 2. The number of hydrogen-bond donors (Lipinski definition) is 0. The predicted molar refractivity (Wildman–Crippen MR) is 122 cm³/mol. The molecule has 1 saturated heterocycles. The second kappa shape index (κ2) is 9.87. The van der Waals surface area contributed by atoms with Crippen molar-refractivity contribution >= 4 is 23.2 Å². The number of pyridine rings is 1. The summed E-state index contributed by atoms with van der Waals surface area (Å²) in [5.74, 6) is -0.324. The lowest BCUT2D eigenvalue weighted by Gasteiger charge is -2.21. The topological polar surface area (TPSA) is 81.1 Å². The van der Waals surface area contributed by atoms with Crippen LogP contribution in [0.3, 0.4) is 0 Å². The van der Waals surface area contributed by atoms with Crippen molar-refractivity contribution in [3.05, 3.63) is 50.1 Å². The standard InChI is InChI=1S/C23H29N3O5S/c1-24-8-3-4-17(24)6-12-31-19-14-20(27)26-11-10-25(22(28)16-7-13-32-15-16)9-5-18(26)21(19)23(29)30-2/h7,13-15,17H,3-6,8-12H2,1-2H3. The summed E-state index contributed by atoms with van der Waals surface area (Å²) in [4.78, 5) is 42.4. The maximum absolute atomic E-state index is 12.9. The fourth-order valence-corrected chi connectivity index (χ4v) is 5.24. The number of thiophene rings is 1. The largest absolute Gasteiger partial charge is 0.492 e. The van der Waals surface area contributed by atoms with Crippen LogP contribution in [0.25, 0.3) is 0 Å². The van der Waals surface area contributed by atoms with E-state index in [2.05, 4.69) is 11.9 Å². The minimum absolute atomic E-state index is 0.0659. The maximum atomic E-state index is 12.9. The van der Waals surface area contributed by atoms with E-state index in [4.69, 9.17) is 9.47 Å². The number of rotatable bonds is 6. The number of methoxy groups -OCH3 is 1. The van der Waals surface area contributed by atoms with Crippen LogP contribution >= 0.6 is 11.3 Å². The van der Waals surface area contributed by atoms with Crippen molar-refractivity contribution in [3.63, 3.8) is 0 Å². The molecule has 2 aromatic rings. The lowest BCUT2D eigenvalue weighted by Crippen LogP contribution is -2.34. The van der Waals surface area contributed by atoms with Crippen molar-refractivity contribution < 1.29 is 19.1 Å². The second-order valence-corrected chi connectivity index (χ2v) is 9.06. The number of aromatic nitrogens is 1. The molecule has 0 saturated carbocycles. The average molecular weight is 460 g/mol. The van der Waals surface area contributed by atoms with E-state index in [0.29, 0.717) is 50.0 Å². The minimum Gasteiger partial charge on any atom is -0.492 e. The van der Waals surface area contributed by atoms with Crippen molar-refractivity contribution in [3.8, 4) is 5.75 Å². The first-order chi connectivity index (χ1) is 15.5. The molecule has 0 N–H and O–H groups in total. The van der Waals surface area contributed by atoms with Gasteiger partial charge in [-0.2, -0.15) is 11.3 Å². The van der Waals surface area contributed by atoms with Crippen LogP contribution in [0.1, 0.15) is 45.7 Å². The summed E-state index contributed by atoms with van der Waals surface area (Å²) < 4.78 is 12.6. The summed E-state index contributed by atoms with van der Waals surface area (Å²) in [6, 6.07) is 3.63. The van der Waals surface area contributed by atoms with Gasteiger partial charge in [0, 0.05) is 49.2 Å². The van der Waals surface area contributed by atoms with Crippen LogP contribution in [0.5, 0.6) is 5.75 Å². The lowest BCUT2D eigenvalue weighted by molar-refractivity contribution is 0.0592. The average Bonchev–Trinajstić information content (AvgIpc) is 3.41. The summed E-state index contributed by atoms with van der Waals surface area (Å²) in [5.41, 5.74) is 1.27. The molecule has 1 unspecified atom stereocenters. The van der Waals surface area contributed by atoms with Crippen LogP contribution in [0, 0.1) is 0 Å². The normalized spacial score (nSPS) is 18.8. The number of carbonyl (C=O) groups is 2. The smallest absolute Gasteiger partial charge is 0.343 e. The number of carbonyl (C=O) groups excluding carboxylic acids is 2. The van der Waals surface area contributed by atoms with Gasteiger partial charge in [-0.15, -0.1) is 0 Å². The lowest BCUT2D eigenvalue weighted by atomic mass is 10.1. The molecule has 0 aromatic carbocycles. The van der Waals surface area contributed by atoms with Gasteiger partial charge in [0.2, 0.25) is 0 Å². The van der Waals surface area contributed by atoms with Crippen LogP contribution in [0.4, 0.5) is 0 Å². The third-order valence-electron chi connectivity index (χ3n) is 6.42. The van der Waals surface area contributed by atoms with Gasteiger partial charge in [-0.3, -0.25) is 9.59 Å². The Morgan fingerprint density at radius 2 is 2.06 bits per heavy atom. The molecule has 9 heteroatoms. The van der Waals surface area contributed by atoms with E-state index in [9.17, 15) is 14.4 Å². The fourth-order valence-electron chi connectivity index (χ4n) is 4.61. The van der Waals surface area contributed by atoms with E-state index in [1.165, 1.54) is 30.9 Å². The van der Waals surface area contributed by atoms with Crippen LogP contribution in [-0.2, 0) is 17.7 Å². The van der Waals surface area contributed by atoms with E-state index in [-0.39, 0.29) is 22.8 Å². The molecule has 1 fully saturated rings. The first kappa shape index (κ1) is 22.5. The minimum atomic E-state index is -0.528. The van der Waals surface area contributed by atoms with Crippen LogP contribution in [-0.4, -0.2) is 72.7 Å². The molecule has 0 radical (unpaired) electrons. The van der Waals surface area contributed by atoms with Gasteiger partial charge in [-0.1, -0.05) is 0 Å². The Hall–Kier alpha value is -2.65. The third kappa shape index (κ3) is 4.59. The van der Waals surface area contributed by atoms with E-state index >= 15 is 0 Å². The van der Waals surface area contributed by atoms with Gasteiger partial charge in [-0.05, 0) is 44.3 Å². The highest BCUT2D eigenvalue weighted by Crippen LogP contribution is 2.26. The molecular formula is C23H29N3O5S. The summed E-state index contributed by atoms with van der Waals surface area (Å²) in [6.07, 6.45) is 3.51. The van der Waals surface area contributed by atoms with Gasteiger partial charge in [0.15, 0.2) is 0 Å². The Morgan fingerprint density at radius 3 is 2.75 bits per heavy atom. The summed E-state index contributed by atoms with van der Waals surface area (Å²) >= 11 is 1.47. The van der Waals surface area contributed by atoms with Gasteiger partial charge in [0.1, 0.15) is 11.3 Å². The highest BCUT2D eigenvalue weighted by Gasteiger charge is 2.28. The molecule has 0 bridgehead atoms. The van der Waals surface area contributed by atoms with Gasteiger partial charge in [0.05, 0.1) is 19.3 Å². The van der Waals surface area contributed by atoms with Crippen molar-refractivity contribution in [2.75, 3.05) is 40.4 Å². The first-order valence-electron chi connectivity index (χ1n) is 11.0. The van der Waals surface area contributed by atoms with Gasteiger partial charge < -0.3 is 23.8 Å². The van der Waals surface area contributed by atoms with Crippen molar-refractivity contribution in [2.24, 2.45) is 0 Å². The molecule has 8 nitrogen and oxygen atoms in total. The molecular weight excluding hydrogens is 430 g/mol. The number of amides is 1. The maximum Gasteiger partial charge on any atom is 0.343 e. The fraction of sp³-hybridized carbons (Fsp3) is 0.522. The number of nitrogens with zero attached hydrogens (tertiary/aromatic N) is 3. The second-order valence-electron chi connectivity index (χ2n) is 8.28. The van der Waals surface area contributed by atoms with Crippen molar-refractivity contribution in [1.29, 1.82) is 0 Å². The number of likely N-dealkylation sites (tertiary alicyclic amines) is 1. The van der Waals surface area contributed by atoms with Crippen LogP contribution in [0.15, 0.2) is 27.7 Å². The molecule has 0 spiro atoms. The molecule has 1 atom stereocenters. The Morgan fingerprint density at radius 1 is 1.22 bits per heavy atom. The molecule has 2 aromatic heterocycles. The Balaban J connectivity index is 1.57. The van der Waals surface area contributed by atoms with Crippen molar-refractivity contribution in [1.82, 2.24) is 14.4 Å². The Labute approximate surface area is 191 Å². The zero-order valence-electron chi connectivity index (χ0n) is 18.5. The summed E-state index contributed by atoms with van der Waals surface area (Å²) in [7, 11) is 3.43. The molecule has 1 amide bonds. The molecule has 4 heterocycles. The molecule has 172 valence electrons. The SMILES string of the molecule is COC(=O)c1c(OCCC2CCCN2C)cc(=O)n2c1CCN(C(=O)c1ccsc1)CC2. The van der Waals surface area contributed by atoms with Crippen LogP contribution in [0.2, 0.25) is 0 Å². The van der Waals surface area contributed by atoms with Crippen LogP contribution < -0.4 is 10.3 Å². The van der Waals surface area contributed by atoms with E-state index < -0.39 is 5.97 Å². The van der Waals surface area contributed by atoms with E-state index in [1.807, 2.05) is 10.8 Å². The highest BCUT2D eigenvalue weighted by atomic mass is 32.1. The monoisotopic (exact) mass is 459 g/mol. The van der Waals surface area contributed by atoms with Gasteiger partial charge in [0.25, 0.3) is 11.5 Å². The molecule has 2 aliphatic heterocycles. The Kier molecular flexibility index (Phi) is 6.95. The van der Waals surface area contributed by atoms with Crippen molar-refractivity contribution in [2.45, 2.75) is 38.3 Å². The van der Waals surface area contributed by atoms with E-state index in [0.717, 1.165) is 19.4 Å². The van der Waals surface area contributed by atoms with Gasteiger partial charge in [-0.25, -0.2) is 4.79 Å². The quantitative estimate of drug-likeness (QED) is 0.617. The molecule has 32 heavy (non-hydrogen) atoms. The Bertz CT molecular complexity index is 1030. The molecule has 0 aliphatic carbocycles. The van der Waals surface area contributed by atoms with E-state index in [1.54, 1.807) is 15.5 Å². The summed E-state index contributed by atoms with van der Waals surface area (Å²) in [5, 5.41) is 3.69. The third-order valence-corrected chi connectivity index (χ3v) is 7.10. The molecule has 4 rings (SSSR count). The van der Waals surface area contributed by atoms with Gasteiger partial charge >= 0.3 is 5.97 Å². The zero-order valence-corrected chi connectivity index (χ0v) is 19.4. The number of esters is 1. The molecule has 2 aliphatic rings. The first-order valence-corrected chi connectivity index (χ1v) is 11.9. The number of hydrogen-bond acceptors (Lipinski definition) is 7. The zero-order chi connectivity index (χ0) is 22.7. The number of fused-ring (bicyclic) bond motifs is 1. The predicted octanol–water partition coefficient (Wildman–Crippen LogP) is 2.26.